The fourth-order valence-electron chi connectivity index (χ4n) is 2.24. The van der Waals surface area contributed by atoms with E-state index < -0.39 is 5.60 Å². The Kier molecular flexibility index (Phi) is 4.37. The summed E-state index contributed by atoms with van der Waals surface area (Å²) >= 11 is 3.51. The van der Waals surface area contributed by atoms with Gasteiger partial charge in [-0.3, -0.25) is 4.98 Å². The predicted octanol–water partition coefficient (Wildman–Crippen LogP) is 2.12. The maximum Gasteiger partial charge on any atom is 0.0974 e. The molecule has 0 spiro atoms. The average molecular weight is 315 g/mol. The van der Waals surface area contributed by atoms with Crippen LogP contribution in [0, 0.1) is 0 Å². The molecule has 1 unspecified atom stereocenters. The number of hydrogen-bond donors (Lipinski definition) is 2. The van der Waals surface area contributed by atoms with E-state index in [0.29, 0.717) is 0 Å². The molecule has 18 heavy (non-hydrogen) atoms. The molecule has 2 N–H and O–H groups in total. The van der Waals surface area contributed by atoms with Gasteiger partial charge in [-0.15, -0.1) is 0 Å². The first-order valence-corrected chi connectivity index (χ1v) is 6.98. The molecular weight excluding hydrogens is 296 g/mol. The van der Waals surface area contributed by atoms with Crippen LogP contribution in [0.2, 0.25) is 0 Å². The van der Waals surface area contributed by atoms with E-state index in [1.807, 2.05) is 13.0 Å². The van der Waals surface area contributed by atoms with Gasteiger partial charge in [-0.25, -0.2) is 0 Å². The minimum absolute atomic E-state index is 0.0592. The highest BCUT2D eigenvalue weighted by molar-refractivity contribution is 9.10. The van der Waals surface area contributed by atoms with Gasteiger partial charge in [0.15, 0.2) is 0 Å². The van der Waals surface area contributed by atoms with Crippen molar-refractivity contribution in [3.05, 3.63) is 28.0 Å². The van der Waals surface area contributed by atoms with E-state index in [2.05, 4.69) is 26.2 Å². The normalized spacial score (nSPS) is 20.7. The van der Waals surface area contributed by atoms with Crippen molar-refractivity contribution < 1.29 is 9.84 Å². The van der Waals surface area contributed by atoms with Crippen molar-refractivity contribution in [1.82, 2.24) is 10.3 Å². The third-order valence-corrected chi connectivity index (χ3v) is 4.21. The zero-order valence-corrected chi connectivity index (χ0v) is 12.3. The summed E-state index contributed by atoms with van der Waals surface area (Å²) in [6.07, 6.45) is 3.15. The number of methoxy groups -OCH3 is 1. The number of nitrogens with one attached hydrogen (secondary N) is 1. The lowest BCUT2D eigenvalue weighted by molar-refractivity contribution is 0.00542. The van der Waals surface area contributed by atoms with Gasteiger partial charge in [-0.05, 0) is 54.9 Å². The largest absolute Gasteiger partial charge is 0.385 e. The maximum absolute atomic E-state index is 10.6. The molecule has 0 bridgehead atoms. The van der Waals surface area contributed by atoms with Crippen LogP contribution in [0.25, 0.3) is 0 Å². The summed E-state index contributed by atoms with van der Waals surface area (Å²) < 4.78 is 6.15. The molecule has 1 aromatic rings. The average Bonchev–Trinajstić information content (AvgIpc) is 2.38. The van der Waals surface area contributed by atoms with Crippen molar-refractivity contribution in [2.45, 2.75) is 31.5 Å². The second kappa shape index (κ2) is 5.65. The molecule has 0 amide bonds. The van der Waals surface area contributed by atoms with Crippen LogP contribution in [0.4, 0.5) is 0 Å². The smallest absolute Gasteiger partial charge is 0.0974 e. The Morgan fingerprint density at radius 3 is 2.72 bits per heavy atom. The van der Waals surface area contributed by atoms with Crippen molar-refractivity contribution in [3.63, 3.8) is 0 Å². The lowest BCUT2D eigenvalue weighted by atomic mass is 9.86. The highest BCUT2D eigenvalue weighted by Gasteiger charge is 2.32. The van der Waals surface area contributed by atoms with Crippen LogP contribution < -0.4 is 5.32 Å². The monoisotopic (exact) mass is 314 g/mol. The fourth-order valence-corrected chi connectivity index (χ4v) is 2.91. The van der Waals surface area contributed by atoms with Crippen LogP contribution in [0.5, 0.6) is 0 Å². The van der Waals surface area contributed by atoms with Crippen LogP contribution in [-0.4, -0.2) is 30.3 Å². The molecule has 1 aromatic heterocycles. The van der Waals surface area contributed by atoms with Gasteiger partial charge in [0.25, 0.3) is 0 Å². The molecule has 0 radical (unpaired) electrons. The first kappa shape index (κ1) is 13.9. The van der Waals surface area contributed by atoms with E-state index in [1.54, 1.807) is 13.3 Å². The first-order valence-electron chi connectivity index (χ1n) is 6.18. The zero-order chi connectivity index (χ0) is 13.2. The van der Waals surface area contributed by atoms with E-state index in [1.165, 1.54) is 0 Å². The summed E-state index contributed by atoms with van der Waals surface area (Å²) in [7, 11) is 1.66. The topological polar surface area (TPSA) is 54.4 Å². The lowest BCUT2D eigenvalue weighted by Gasteiger charge is -2.33. The minimum Gasteiger partial charge on any atom is -0.385 e. The number of halogens is 1. The summed E-state index contributed by atoms with van der Waals surface area (Å²) in [5.41, 5.74) is 0.983. The third kappa shape index (κ3) is 2.74. The van der Waals surface area contributed by atoms with Gasteiger partial charge in [-0.2, -0.15) is 0 Å². The van der Waals surface area contributed by atoms with Crippen molar-refractivity contribution >= 4 is 15.9 Å². The summed E-state index contributed by atoms with van der Waals surface area (Å²) in [6.45, 7) is 3.63. The Bertz CT molecular complexity index is 419. The molecule has 1 atom stereocenters. The van der Waals surface area contributed by atoms with Crippen molar-refractivity contribution in [3.8, 4) is 0 Å². The Labute approximate surface area is 116 Å². The van der Waals surface area contributed by atoms with E-state index in [0.717, 1.165) is 41.7 Å². The van der Waals surface area contributed by atoms with Gasteiger partial charge in [-0.1, -0.05) is 0 Å². The van der Waals surface area contributed by atoms with E-state index in [9.17, 15) is 5.11 Å². The molecule has 0 aliphatic carbocycles. The van der Waals surface area contributed by atoms with Crippen LogP contribution in [0.1, 0.15) is 37.1 Å². The quantitative estimate of drug-likeness (QED) is 0.897. The number of piperidine rings is 1. The van der Waals surface area contributed by atoms with E-state index >= 15 is 0 Å². The second-order valence-corrected chi connectivity index (χ2v) is 5.60. The number of rotatable bonds is 3. The summed E-state index contributed by atoms with van der Waals surface area (Å²) in [6, 6.07) is 1.96. The Morgan fingerprint density at radius 1 is 1.50 bits per heavy atom. The van der Waals surface area contributed by atoms with E-state index in [-0.39, 0.29) is 6.10 Å². The molecule has 0 aromatic carbocycles. The Morgan fingerprint density at radius 2 is 2.17 bits per heavy atom. The molecular formula is C13H19BrN2O2. The third-order valence-electron chi connectivity index (χ3n) is 3.58. The SMILES string of the molecule is COC(C)c1ncc(C2(O)CCNCC2)cc1Br. The van der Waals surface area contributed by atoms with E-state index in [4.69, 9.17) is 4.74 Å². The zero-order valence-electron chi connectivity index (χ0n) is 10.7. The van der Waals surface area contributed by atoms with Crippen LogP contribution in [0.3, 0.4) is 0 Å². The molecule has 2 heterocycles. The summed E-state index contributed by atoms with van der Waals surface area (Å²) in [5, 5.41) is 13.9. The summed E-state index contributed by atoms with van der Waals surface area (Å²) in [4.78, 5) is 4.42. The Balaban J connectivity index is 2.28. The highest BCUT2D eigenvalue weighted by atomic mass is 79.9. The standard InChI is InChI=1S/C13H19BrN2O2/c1-9(18-2)12-11(14)7-10(8-16-12)13(17)3-5-15-6-4-13/h7-9,15,17H,3-6H2,1-2H3. The Hall–Kier alpha value is -0.490. The number of nitrogens with zero attached hydrogens (tertiary/aromatic N) is 1. The lowest BCUT2D eigenvalue weighted by Crippen LogP contribution is -2.39. The van der Waals surface area contributed by atoms with Crippen LogP contribution in [-0.2, 0) is 10.3 Å². The number of aliphatic hydroxyl groups is 1. The number of pyridine rings is 1. The molecule has 2 rings (SSSR count). The highest BCUT2D eigenvalue weighted by Crippen LogP contribution is 2.33. The van der Waals surface area contributed by atoms with Gasteiger partial charge in [0, 0.05) is 23.3 Å². The molecule has 1 aliphatic rings. The summed E-state index contributed by atoms with van der Waals surface area (Å²) in [5.74, 6) is 0. The van der Waals surface area contributed by atoms with Gasteiger partial charge >= 0.3 is 0 Å². The predicted molar refractivity (Wildman–Crippen MR) is 73.4 cm³/mol. The molecule has 100 valence electrons. The van der Waals surface area contributed by atoms with Crippen molar-refractivity contribution in [2.24, 2.45) is 0 Å². The van der Waals surface area contributed by atoms with Gasteiger partial charge in [0.1, 0.15) is 0 Å². The second-order valence-electron chi connectivity index (χ2n) is 4.75. The fraction of sp³-hybridized carbons (Fsp3) is 0.615. The van der Waals surface area contributed by atoms with Crippen molar-refractivity contribution in [1.29, 1.82) is 0 Å². The van der Waals surface area contributed by atoms with Gasteiger partial charge < -0.3 is 15.2 Å². The minimum atomic E-state index is -0.754. The molecule has 1 fully saturated rings. The maximum atomic E-state index is 10.6. The number of ether oxygens (including phenoxy) is 1. The first-order chi connectivity index (χ1) is 8.57. The number of aromatic nitrogens is 1. The molecule has 4 nitrogen and oxygen atoms in total. The molecule has 0 saturated carbocycles. The molecule has 5 heteroatoms. The molecule has 1 saturated heterocycles. The van der Waals surface area contributed by atoms with Gasteiger partial charge in [0.2, 0.25) is 0 Å². The van der Waals surface area contributed by atoms with Crippen molar-refractivity contribution in [2.75, 3.05) is 20.2 Å². The van der Waals surface area contributed by atoms with Crippen LogP contribution >= 0.6 is 15.9 Å². The molecule has 1 aliphatic heterocycles. The number of hydrogen-bond acceptors (Lipinski definition) is 4. The van der Waals surface area contributed by atoms with Crippen LogP contribution in [0.15, 0.2) is 16.7 Å². The van der Waals surface area contributed by atoms with Gasteiger partial charge in [0.05, 0.1) is 17.4 Å².